The van der Waals surface area contributed by atoms with Crippen LogP contribution in [0.15, 0.2) is 66.4 Å². The van der Waals surface area contributed by atoms with Gasteiger partial charge in [0.15, 0.2) is 0 Å². The number of halogens is 1. The Kier molecular flexibility index (Phi) is 5.42. The smallest absolute Gasteiger partial charge is 0.282 e. The van der Waals surface area contributed by atoms with Gasteiger partial charge in [0, 0.05) is 10.7 Å². The van der Waals surface area contributed by atoms with Crippen LogP contribution in [-0.2, 0) is 9.59 Å². The summed E-state index contributed by atoms with van der Waals surface area (Å²) in [6, 6.07) is 18.8. The molecule has 4 nitrogen and oxygen atoms in total. The lowest BCUT2D eigenvalue weighted by atomic mass is 10.0. The lowest BCUT2D eigenvalue weighted by molar-refractivity contribution is -0.120. The van der Waals surface area contributed by atoms with E-state index in [-0.39, 0.29) is 17.5 Å². The summed E-state index contributed by atoms with van der Waals surface area (Å²) in [5.41, 5.74) is 6.48. The molecule has 0 aliphatic carbocycles. The summed E-state index contributed by atoms with van der Waals surface area (Å²) in [5, 5.41) is 3.75. The Bertz CT molecular complexity index is 1220. The summed E-state index contributed by atoms with van der Waals surface area (Å²) in [4.78, 5) is 28.3. The maximum atomic E-state index is 13.5. The SMILES string of the molecule is Cc1ccc(C2=C(Nc3ccc(C)c(Cl)c3)C(=O)N(c3cc(C)cc(C)c3)C2=O)cc1. The standard InChI is InChI=1S/C26H23ClN2O2/c1-15-5-8-19(9-6-15)23-24(28-20-10-7-18(4)22(27)14-20)26(31)29(25(23)30)21-12-16(2)11-17(3)13-21/h5-14,28H,1-4H3. The number of carbonyl (C=O) groups excluding carboxylic acids is 2. The predicted octanol–water partition coefficient (Wildman–Crippen LogP) is 5.97. The van der Waals surface area contributed by atoms with Crippen LogP contribution in [0.3, 0.4) is 0 Å². The van der Waals surface area contributed by atoms with Crippen molar-refractivity contribution < 1.29 is 9.59 Å². The third-order valence-electron chi connectivity index (χ3n) is 5.33. The van der Waals surface area contributed by atoms with Gasteiger partial charge in [0.25, 0.3) is 11.8 Å². The summed E-state index contributed by atoms with van der Waals surface area (Å²) in [6.07, 6.45) is 0. The minimum absolute atomic E-state index is 0.243. The third kappa shape index (κ3) is 3.99. The molecule has 2 amide bonds. The molecule has 0 spiro atoms. The van der Waals surface area contributed by atoms with E-state index in [4.69, 9.17) is 11.6 Å². The molecule has 1 aliphatic heterocycles. The Morgan fingerprint density at radius 3 is 2.00 bits per heavy atom. The first-order valence-corrected chi connectivity index (χ1v) is 10.4. The predicted molar refractivity (Wildman–Crippen MR) is 126 cm³/mol. The molecule has 3 aromatic carbocycles. The minimum Gasteiger partial charge on any atom is -0.350 e. The van der Waals surface area contributed by atoms with E-state index in [0.29, 0.717) is 27.5 Å². The molecule has 31 heavy (non-hydrogen) atoms. The highest BCUT2D eigenvalue weighted by atomic mass is 35.5. The quantitative estimate of drug-likeness (QED) is 0.518. The molecule has 1 aliphatic rings. The van der Waals surface area contributed by atoms with E-state index < -0.39 is 0 Å². The number of nitrogens with one attached hydrogen (secondary N) is 1. The van der Waals surface area contributed by atoms with Crippen LogP contribution in [0.5, 0.6) is 0 Å². The van der Waals surface area contributed by atoms with Crippen molar-refractivity contribution in [3.63, 3.8) is 0 Å². The van der Waals surface area contributed by atoms with Crippen molar-refractivity contribution in [2.24, 2.45) is 0 Å². The van der Waals surface area contributed by atoms with Crippen LogP contribution in [0, 0.1) is 27.7 Å². The van der Waals surface area contributed by atoms with E-state index in [1.165, 1.54) is 4.90 Å². The highest BCUT2D eigenvalue weighted by Crippen LogP contribution is 2.35. The zero-order valence-electron chi connectivity index (χ0n) is 17.9. The maximum absolute atomic E-state index is 13.5. The normalized spacial score (nSPS) is 13.9. The average molecular weight is 431 g/mol. The molecule has 0 saturated heterocycles. The molecule has 3 aromatic rings. The zero-order valence-corrected chi connectivity index (χ0v) is 18.7. The van der Waals surface area contributed by atoms with Crippen LogP contribution in [0.2, 0.25) is 5.02 Å². The van der Waals surface area contributed by atoms with Gasteiger partial charge in [0.1, 0.15) is 5.70 Å². The number of benzene rings is 3. The van der Waals surface area contributed by atoms with Gasteiger partial charge in [-0.15, -0.1) is 0 Å². The Balaban J connectivity index is 1.84. The number of imide groups is 1. The van der Waals surface area contributed by atoms with Crippen LogP contribution >= 0.6 is 11.6 Å². The van der Waals surface area contributed by atoms with Gasteiger partial charge in [-0.1, -0.05) is 53.6 Å². The van der Waals surface area contributed by atoms with Crippen molar-refractivity contribution in [3.8, 4) is 0 Å². The molecular weight excluding hydrogens is 408 g/mol. The number of amides is 2. The first-order chi connectivity index (χ1) is 14.7. The Morgan fingerprint density at radius 2 is 1.39 bits per heavy atom. The van der Waals surface area contributed by atoms with Crippen molar-refractivity contribution in [2.45, 2.75) is 27.7 Å². The number of carbonyl (C=O) groups is 2. The molecule has 156 valence electrons. The zero-order chi connectivity index (χ0) is 22.3. The number of hydrogen-bond acceptors (Lipinski definition) is 3. The van der Waals surface area contributed by atoms with Gasteiger partial charge in [-0.3, -0.25) is 9.59 Å². The summed E-state index contributed by atoms with van der Waals surface area (Å²) >= 11 is 6.28. The van der Waals surface area contributed by atoms with Crippen molar-refractivity contribution in [2.75, 3.05) is 10.2 Å². The summed E-state index contributed by atoms with van der Waals surface area (Å²) in [5.74, 6) is -0.734. The molecule has 0 atom stereocenters. The van der Waals surface area contributed by atoms with Crippen LogP contribution in [0.1, 0.15) is 27.8 Å². The van der Waals surface area contributed by atoms with E-state index >= 15 is 0 Å². The molecule has 1 N–H and O–H groups in total. The van der Waals surface area contributed by atoms with Crippen molar-refractivity contribution >= 4 is 40.4 Å². The lowest BCUT2D eigenvalue weighted by Crippen LogP contribution is -2.32. The fraction of sp³-hybridized carbons (Fsp3) is 0.154. The minimum atomic E-state index is -0.387. The Morgan fingerprint density at radius 1 is 0.742 bits per heavy atom. The molecule has 0 unspecified atom stereocenters. The molecular formula is C26H23ClN2O2. The second-order valence-corrected chi connectivity index (χ2v) is 8.40. The third-order valence-corrected chi connectivity index (χ3v) is 5.74. The number of hydrogen-bond donors (Lipinski definition) is 1. The van der Waals surface area contributed by atoms with Crippen LogP contribution < -0.4 is 10.2 Å². The van der Waals surface area contributed by atoms with Crippen LogP contribution in [0.4, 0.5) is 11.4 Å². The summed E-state index contributed by atoms with van der Waals surface area (Å²) in [7, 11) is 0. The van der Waals surface area contributed by atoms with Gasteiger partial charge in [0.05, 0.1) is 11.3 Å². The number of rotatable bonds is 4. The Hall–Kier alpha value is -3.37. The fourth-order valence-corrected chi connectivity index (χ4v) is 3.94. The van der Waals surface area contributed by atoms with E-state index in [1.54, 1.807) is 6.07 Å². The number of anilines is 2. The molecule has 0 bridgehead atoms. The van der Waals surface area contributed by atoms with Crippen molar-refractivity contribution in [3.05, 3.63) is 99.2 Å². The van der Waals surface area contributed by atoms with Gasteiger partial charge < -0.3 is 5.32 Å². The highest BCUT2D eigenvalue weighted by Gasteiger charge is 2.40. The van der Waals surface area contributed by atoms with Gasteiger partial charge in [-0.25, -0.2) is 4.90 Å². The van der Waals surface area contributed by atoms with Crippen LogP contribution in [0.25, 0.3) is 5.57 Å². The molecule has 0 fully saturated rings. The van der Waals surface area contributed by atoms with Gasteiger partial charge in [0.2, 0.25) is 0 Å². The van der Waals surface area contributed by atoms with Crippen molar-refractivity contribution in [1.82, 2.24) is 0 Å². The first kappa shape index (κ1) is 20.9. The van der Waals surface area contributed by atoms with Gasteiger partial charge in [-0.05, 0) is 74.2 Å². The lowest BCUT2D eigenvalue weighted by Gasteiger charge is -2.17. The summed E-state index contributed by atoms with van der Waals surface area (Å²) in [6.45, 7) is 7.79. The topological polar surface area (TPSA) is 49.4 Å². The van der Waals surface area contributed by atoms with E-state index in [2.05, 4.69) is 5.32 Å². The van der Waals surface area contributed by atoms with Gasteiger partial charge in [-0.2, -0.15) is 0 Å². The summed E-state index contributed by atoms with van der Waals surface area (Å²) < 4.78 is 0. The number of nitrogens with zero attached hydrogens (tertiary/aromatic N) is 1. The van der Waals surface area contributed by atoms with E-state index in [9.17, 15) is 9.59 Å². The molecule has 5 heteroatoms. The largest absolute Gasteiger partial charge is 0.350 e. The number of aryl methyl sites for hydroxylation is 4. The van der Waals surface area contributed by atoms with Crippen molar-refractivity contribution in [1.29, 1.82) is 0 Å². The highest BCUT2D eigenvalue weighted by molar-refractivity contribution is 6.46. The molecule has 1 heterocycles. The van der Waals surface area contributed by atoms with E-state index in [1.807, 2.05) is 82.3 Å². The second kappa shape index (κ2) is 8.05. The first-order valence-electron chi connectivity index (χ1n) is 10.1. The average Bonchev–Trinajstić information content (AvgIpc) is 2.94. The monoisotopic (exact) mass is 430 g/mol. The molecule has 0 aromatic heterocycles. The Labute approximate surface area is 187 Å². The maximum Gasteiger partial charge on any atom is 0.282 e. The van der Waals surface area contributed by atoms with E-state index in [0.717, 1.165) is 22.3 Å². The van der Waals surface area contributed by atoms with Crippen LogP contribution in [-0.4, -0.2) is 11.8 Å². The van der Waals surface area contributed by atoms with Gasteiger partial charge >= 0.3 is 0 Å². The molecule has 0 saturated carbocycles. The fourth-order valence-electron chi connectivity index (χ4n) is 3.76. The molecule has 0 radical (unpaired) electrons. The molecule has 4 rings (SSSR count). The second-order valence-electron chi connectivity index (χ2n) is 8.00.